The van der Waals surface area contributed by atoms with Gasteiger partial charge in [-0.05, 0) is 12.0 Å². The third-order valence-electron chi connectivity index (χ3n) is 2.42. The van der Waals surface area contributed by atoms with E-state index in [1.807, 2.05) is 13.8 Å². The van der Waals surface area contributed by atoms with Crippen molar-refractivity contribution < 1.29 is 8.42 Å². The van der Waals surface area contributed by atoms with Gasteiger partial charge in [-0.25, -0.2) is 13.1 Å². The van der Waals surface area contributed by atoms with Crippen LogP contribution in [0.2, 0.25) is 0 Å². The van der Waals surface area contributed by atoms with E-state index in [2.05, 4.69) is 9.71 Å². The fraction of sp³-hybridized carbons (Fsp3) is 0.500. The highest BCUT2D eigenvalue weighted by Gasteiger charge is 2.17. The van der Waals surface area contributed by atoms with Crippen molar-refractivity contribution in [3.05, 3.63) is 18.5 Å². The van der Waals surface area contributed by atoms with Gasteiger partial charge in [-0.3, -0.25) is 4.98 Å². The van der Waals surface area contributed by atoms with Gasteiger partial charge in [0.2, 0.25) is 10.0 Å². The Balaban J connectivity index is 2.83. The van der Waals surface area contributed by atoms with Gasteiger partial charge in [0.1, 0.15) is 4.90 Å². The number of hydrogen-bond acceptors (Lipinski definition) is 4. The minimum absolute atomic E-state index is 0.0401. The minimum Gasteiger partial charge on any atom is -0.398 e. The maximum absolute atomic E-state index is 11.8. The second-order valence-electron chi connectivity index (χ2n) is 3.78. The van der Waals surface area contributed by atoms with Crippen LogP contribution < -0.4 is 10.5 Å². The molecule has 5 nitrogen and oxygen atoms in total. The van der Waals surface area contributed by atoms with Gasteiger partial charge in [0, 0.05) is 18.9 Å². The second-order valence-corrected chi connectivity index (χ2v) is 5.51. The number of nitrogens with zero attached hydrogens (tertiary/aromatic N) is 1. The third kappa shape index (κ3) is 3.18. The Bertz CT molecular complexity index is 445. The van der Waals surface area contributed by atoms with Crippen LogP contribution in [0.3, 0.4) is 0 Å². The highest BCUT2D eigenvalue weighted by molar-refractivity contribution is 7.89. The van der Waals surface area contributed by atoms with E-state index in [1.165, 1.54) is 18.5 Å². The summed E-state index contributed by atoms with van der Waals surface area (Å²) in [5.74, 6) is 0.299. The number of rotatable bonds is 5. The van der Waals surface area contributed by atoms with Crippen molar-refractivity contribution >= 4 is 15.7 Å². The van der Waals surface area contributed by atoms with Crippen molar-refractivity contribution in [3.8, 4) is 0 Å². The molecule has 0 bridgehead atoms. The quantitative estimate of drug-likeness (QED) is 0.807. The van der Waals surface area contributed by atoms with E-state index in [1.54, 1.807) is 0 Å². The highest BCUT2D eigenvalue weighted by Crippen LogP contribution is 2.15. The van der Waals surface area contributed by atoms with E-state index in [-0.39, 0.29) is 10.6 Å². The Labute approximate surface area is 96.1 Å². The molecule has 1 heterocycles. The Morgan fingerprint density at radius 3 is 2.81 bits per heavy atom. The molecule has 1 aromatic heterocycles. The monoisotopic (exact) mass is 243 g/mol. The first-order chi connectivity index (χ1) is 7.47. The van der Waals surface area contributed by atoms with Gasteiger partial charge in [0.25, 0.3) is 0 Å². The summed E-state index contributed by atoms with van der Waals surface area (Å²) in [4.78, 5) is 3.80. The van der Waals surface area contributed by atoms with Gasteiger partial charge in [0.15, 0.2) is 0 Å². The van der Waals surface area contributed by atoms with E-state index in [4.69, 9.17) is 5.73 Å². The molecule has 0 radical (unpaired) electrons. The van der Waals surface area contributed by atoms with Crippen molar-refractivity contribution in [2.75, 3.05) is 12.3 Å². The number of nitrogens with one attached hydrogen (secondary N) is 1. The summed E-state index contributed by atoms with van der Waals surface area (Å²) in [5, 5.41) is 0. The summed E-state index contributed by atoms with van der Waals surface area (Å²) in [6.07, 6.45) is 3.64. The molecule has 90 valence electrons. The van der Waals surface area contributed by atoms with Gasteiger partial charge in [-0.1, -0.05) is 20.3 Å². The lowest BCUT2D eigenvalue weighted by molar-refractivity contribution is 0.528. The van der Waals surface area contributed by atoms with Gasteiger partial charge in [0.05, 0.1) is 5.69 Å². The molecule has 6 heteroatoms. The van der Waals surface area contributed by atoms with Gasteiger partial charge < -0.3 is 5.73 Å². The SMILES string of the molecule is CCC(C)CNS(=O)(=O)c1cnccc1N. The van der Waals surface area contributed by atoms with Crippen LogP contribution >= 0.6 is 0 Å². The first-order valence-corrected chi connectivity index (χ1v) is 6.65. The average Bonchev–Trinajstić information content (AvgIpc) is 2.26. The van der Waals surface area contributed by atoms with Crippen LogP contribution in [-0.2, 0) is 10.0 Å². The van der Waals surface area contributed by atoms with E-state index in [0.29, 0.717) is 12.5 Å². The summed E-state index contributed by atoms with van der Waals surface area (Å²) in [7, 11) is -3.53. The molecular formula is C10H17N3O2S. The number of nitrogens with two attached hydrogens (primary N) is 1. The number of nitrogen functional groups attached to an aromatic ring is 1. The van der Waals surface area contributed by atoms with Gasteiger partial charge in [-0.2, -0.15) is 0 Å². The minimum atomic E-state index is -3.53. The lowest BCUT2D eigenvalue weighted by Crippen LogP contribution is -2.28. The second kappa shape index (κ2) is 5.27. The lowest BCUT2D eigenvalue weighted by atomic mass is 10.1. The van der Waals surface area contributed by atoms with Crippen LogP contribution in [0, 0.1) is 5.92 Å². The number of hydrogen-bond donors (Lipinski definition) is 2. The van der Waals surface area contributed by atoms with Gasteiger partial charge in [-0.15, -0.1) is 0 Å². The van der Waals surface area contributed by atoms with Crippen LogP contribution in [0.5, 0.6) is 0 Å². The van der Waals surface area contributed by atoms with Crippen LogP contribution in [0.25, 0.3) is 0 Å². The maximum Gasteiger partial charge on any atom is 0.244 e. The summed E-state index contributed by atoms with van der Waals surface area (Å²) in [5.41, 5.74) is 5.80. The molecule has 1 atom stereocenters. The van der Waals surface area contributed by atoms with Crippen LogP contribution in [0.4, 0.5) is 5.69 Å². The fourth-order valence-electron chi connectivity index (χ4n) is 1.09. The standard InChI is InChI=1S/C10H17N3O2S/c1-3-8(2)6-13-16(14,15)10-7-12-5-4-9(10)11/h4-5,7-8,13H,3,6H2,1-2H3,(H2,11,12). The molecule has 1 unspecified atom stereocenters. The van der Waals surface area contributed by atoms with Crippen molar-refractivity contribution in [2.24, 2.45) is 5.92 Å². The number of anilines is 1. The van der Waals surface area contributed by atoms with Crippen LogP contribution in [0.15, 0.2) is 23.4 Å². The van der Waals surface area contributed by atoms with Crippen molar-refractivity contribution in [3.63, 3.8) is 0 Å². The van der Waals surface area contributed by atoms with Crippen LogP contribution in [-0.4, -0.2) is 19.9 Å². The zero-order valence-electron chi connectivity index (χ0n) is 9.47. The molecule has 0 aliphatic carbocycles. The average molecular weight is 243 g/mol. The molecule has 0 aliphatic heterocycles. The molecule has 3 N–H and O–H groups in total. The number of sulfonamides is 1. The smallest absolute Gasteiger partial charge is 0.244 e. The molecule has 0 saturated heterocycles. The summed E-state index contributed by atoms with van der Waals surface area (Å²) < 4.78 is 26.2. The van der Waals surface area contributed by atoms with E-state index >= 15 is 0 Å². The van der Waals surface area contributed by atoms with Gasteiger partial charge >= 0.3 is 0 Å². The summed E-state index contributed by atoms with van der Waals surface area (Å²) in [6, 6.07) is 1.47. The molecule has 0 amide bonds. The predicted molar refractivity (Wildman–Crippen MR) is 63.3 cm³/mol. The van der Waals surface area contributed by atoms with E-state index in [0.717, 1.165) is 6.42 Å². The maximum atomic E-state index is 11.8. The zero-order valence-corrected chi connectivity index (χ0v) is 10.3. The Hall–Kier alpha value is -1.14. The predicted octanol–water partition coefficient (Wildman–Crippen LogP) is 0.988. The van der Waals surface area contributed by atoms with Crippen LogP contribution in [0.1, 0.15) is 20.3 Å². The van der Waals surface area contributed by atoms with E-state index in [9.17, 15) is 8.42 Å². The topological polar surface area (TPSA) is 85.1 Å². The van der Waals surface area contributed by atoms with Crippen molar-refractivity contribution in [2.45, 2.75) is 25.2 Å². The zero-order chi connectivity index (χ0) is 12.2. The fourth-order valence-corrected chi connectivity index (χ4v) is 2.33. The third-order valence-corrected chi connectivity index (χ3v) is 3.89. The van der Waals surface area contributed by atoms with E-state index < -0.39 is 10.0 Å². The number of pyridine rings is 1. The lowest BCUT2D eigenvalue weighted by Gasteiger charge is -2.11. The van der Waals surface area contributed by atoms with Crippen molar-refractivity contribution in [1.29, 1.82) is 0 Å². The Morgan fingerprint density at radius 2 is 2.25 bits per heavy atom. The molecule has 16 heavy (non-hydrogen) atoms. The first kappa shape index (κ1) is 12.9. The molecule has 0 aromatic carbocycles. The van der Waals surface area contributed by atoms with Crippen molar-refractivity contribution in [1.82, 2.24) is 9.71 Å². The molecule has 1 aromatic rings. The molecule has 1 rings (SSSR count). The molecular weight excluding hydrogens is 226 g/mol. The molecule has 0 aliphatic rings. The summed E-state index contributed by atoms with van der Waals surface area (Å²) >= 11 is 0. The first-order valence-electron chi connectivity index (χ1n) is 5.16. The normalized spacial score (nSPS) is 13.6. The largest absolute Gasteiger partial charge is 0.398 e. The molecule has 0 saturated carbocycles. The Kier molecular flexibility index (Phi) is 4.26. The number of aromatic nitrogens is 1. The molecule has 0 spiro atoms. The Morgan fingerprint density at radius 1 is 1.56 bits per heavy atom. The highest BCUT2D eigenvalue weighted by atomic mass is 32.2. The summed E-state index contributed by atoms with van der Waals surface area (Å²) in [6.45, 7) is 4.40. The molecule has 0 fully saturated rings.